The van der Waals surface area contributed by atoms with E-state index in [1.807, 2.05) is 19.1 Å². The number of nitrogens with one attached hydrogen (secondary N) is 1. The molecule has 1 aromatic heterocycles. The van der Waals surface area contributed by atoms with E-state index < -0.39 is 17.6 Å². The normalized spacial score (nSPS) is 12.9. The number of carbonyl (C=O) groups is 1. The molecule has 0 saturated carbocycles. The standard InChI is InChI=1S/C21H17F3N2O3S/c1-2-12-7-13-8-17-18(29-11-28-17)9-16(13)26-20(12)30-10-19(27)25-15-6-4-3-5-14(15)21(22,23)24/h3-9H,2,10-11H2,1H3,(H,25,27). The Balaban J connectivity index is 1.52. The Bertz CT molecular complexity index is 1120. The van der Waals surface area contributed by atoms with Crippen LogP contribution in [0.15, 0.2) is 47.5 Å². The maximum atomic E-state index is 13.1. The summed E-state index contributed by atoms with van der Waals surface area (Å²) in [5, 5.41) is 3.90. The highest BCUT2D eigenvalue weighted by Gasteiger charge is 2.33. The van der Waals surface area contributed by atoms with Crippen molar-refractivity contribution in [3.05, 3.63) is 53.6 Å². The van der Waals surface area contributed by atoms with E-state index in [0.717, 1.165) is 17.0 Å². The molecule has 0 aliphatic carbocycles. The van der Waals surface area contributed by atoms with Crippen molar-refractivity contribution in [2.24, 2.45) is 0 Å². The number of thioether (sulfide) groups is 1. The monoisotopic (exact) mass is 434 g/mol. The Morgan fingerprint density at radius 3 is 2.63 bits per heavy atom. The molecule has 0 spiro atoms. The van der Waals surface area contributed by atoms with Gasteiger partial charge in [-0.25, -0.2) is 4.98 Å². The third-order valence-corrected chi connectivity index (χ3v) is 5.61. The van der Waals surface area contributed by atoms with E-state index in [4.69, 9.17) is 9.47 Å². The van der Waals surface area contributed by atoms with Gasteiger partial charge in [0.1, 0.15) is 5.03 Å². The molecule has 1 aliphatic heterocycles. The Morgan fingerprint density at radius 2 is 1.90 bits per heavy atom. The molecule has 1 N–H and O–H groups in total. The average molecular weight is 434 g/mol. The van der Waals surface area contributed by atoms with E-state index in [0.29, 0.717) is 28.5 Å². The van der Waals surface area contributed by atoms with Gasteiger partial charge in [-0.2, -0.15) is 13.2 Å². The number of halogens is 3. The summed E-state index contributed by atoms with van der Waals surface area (Å²) < 4.78 is 50.1. The molecule has 9 heteroatoms. The van der Waals surface area contributed by atoms with Crippen molar-refractivity contribution >= 4 is 34.3 Å². The minimum absolute atomic E-state index is 0.0672. The van der Waals surface area contributed by atoms with Gasteiger partial charge in [-0.1, -0.05) is 30.8 Å². The molecular formula is C21H17F3N2O3S. The Labute approximate surface area is 174 Å². The number of aromatic nitrogens is 1. The zero-order chi connectivity index (χ0) is 21.3. The first-order valence-electron chi connectivity index (χ1n) is 9.17. The molecule has 0 bridgehead atoms. The van der Waals surface area contributed by atoms with Crippen molar-refractivity contribution in [3.63, 3.8) is 0 Å². The largest absolute Gasteiger partial charge is 0.454 e. The molecule has 0 atom stereocenters. The third-order valence-electron chi connectivity index (χ3n) is 4.58. The maximum Gasteiger partial charge on any atom is 0.418 e. The number of nitrogens with zero attached hydrogens (tertiary/aromatic N) is 1. The van der Waals surface area contributed by atoms with Gasteiger partial charge in [-0.3, -0.25) is 4.79 Å². The highest BCUT2D eigenvalue weighted by molar-refractivity contribution is 8.00. The van der Waals surface area contributed by atoms with Crippen LogP contribution in [0.1, 0.15) is 18.1 Å². The molecule has 0 unspecified atom stereocenters. The molecule has 2 aromatic carbocycles. The number of hydrogen-bond donors (Lipinski definition) is 1. The average Bonchev–Trinajstić information content (AvgIpc) is 3.16. The predicted octanol–water partition coefficient (Wildman–Crippen LogP) is 5.28. The zero-order valence-corrected chi connectivity index (χ0v) is 16.7. The van der Waals surface area contributed by atoms with E-state index in [-0.39, 0.29) is 18.2 Å². The number of ether oxygens (including phenoxy) is 2. The fraction of sp³-hybridized carbons (Fsp3) is 0.238. The number of alkyl halides is 3. The van der Waals surface area contributed by atoms with Crippen LogP contribution in [0.25, 0.3) is 10.9 Å². The molecule has 30 heavy (non-hydrogen) atoms. The van der Waals surface area contributed by atoms with Crippen molar-refractivity contribution in [1.29, 1.82) is 0 Å². The molecule has 156 valence electrons. The summed E-state index contributed by atoms with van der Waals surface area (Å²) in [6, 6.07) is 10.5. The number of fused-ring (bicyclic) bond motifs is 2. The van der Waals surface area contributed by atoms with Crippen LogP contribution in [-0.4, -0.2) is 23.4 Å². The van der Waals surface area contributed by atoms with E-state index in [9.17, 15) is 18.0 Å². The first-order chi connectivity index (χ1) is 14.3. The van der Waals surface area contributed by atoms with Crippen LogP contribution in [0, 0.1) is 0 Å². The van der Waals surface area contributed by atoms with Crippen LogP contribution in [0.5, 0.6) is 11.5 Å². The van der Waals surface area contributed by atoms with Crippen LogP contribution in [-0.2, 0) is 17.4 Å². The van der Waals surface area contributed by atoms with Crippen LogP contribution in [0.2, 0.25) is 0 Å². The number of pyridine rings is 1. The van der Waals surface area contributed by atoms with Crippen molar-refractivity contribution in [3.8, 4) is 11.5 Å². The number of hydrogen-bond acceptors (Lipinski definition) is 5. The first-order valence-corrected chi connectivity index (χ1v) is 10.2. The Morgan fingerprint density at radius 1 is 1.17 bits per heavy atom. The summed E-state index contributed by atoms with van der Waals surface area (Å²) in [7, 11) is 0. The van der Waals surface area contributed by atoms with Gasteiger partial charge in [0, 0.05) is 11.5 Å². The number of amides is 1. The first kappa shape index (κ1) is 20.3. The second-order valence-corrected chi connectivity index (χ2v) is 7.55. The van der Waals surface area contributed by atoms with Crippen LogP contribution < -0.4 is 14.8 Å². The number of carbonyl (C=O) groups excluding carboxylic acids is 1. The summed E-state index contributed by atoms with van der Waals surface area (Å²) in [5.41, 5.74) is 0.500. The summed E-state index contributed by atoms with van der Waals surface area (Å²) in [5.74, 6) is 0.667. The van der Waals surface area contributed by atoms with Gasteiger partial charge in [-0.05, 0) is 36.2 Å². The van der Waals surface area contributed by atoms with Gasteiger partial charge in [-0.15, -0.1) is 0 Å². The lowest BCUT2D eigenvalue weighted by Crippen LogP contribution is -2.18. The van der Waals surface area contributed by atoms with Crippen LogP contribution >= 0.6 is 11.8 Å². The van der Waals surface area contributed by atoms with Gasteiger partial charge in [0.05, 0.1) is 22.5 Å². The van der Waals surface area contributed by atoms with Gasteiger partial charge < -0.3 is 14.8 Å². The number of aryl methyl sites for hydroxylation is 1. The molecule has 1 aliphatic rings. The molecule has 1 amide bonds. The number of rotatable bonds is 5. The third kappa shape index (κ3) is 4.16. The maximum absolute atomic E-state index is 13.1. The molecular weight excluding hydrogens is 417 g/mol. The highest BCUT2D eigenvalue weighted by atomic mass is 32.2. The van der Waals surface area contributed by atoms with Crippen molar-refractivity contribution < 1.29 is 27.4 Å². The summed E-state index contributed by atoms with van der Waals surface area (Å²) >= 11 is 1.18. The fourth-order valence-corrected chi connectivity index (χ4v) is 4.02. The van der Waals surface area contributed by atoms with Crippen molar-refractivity contribution in [2.45, 2.75) is 24.5 Å². The van der Waals surface area contributed by atoms with Gasteiger partial charge in [0.25, 0.3) is 0 Å². The van der Waals surface area contributed by atoms with Crippen LogP contribution in [0.4, 0.5) is 18.9 Å². The quantitative estimate of drug-likeness (QED) is 0.554. The van der Waals surface area contributed by atoms with E-state index in [2.05, 4.69) is 10.3 Å². The summed E-state index contributed by atoms with van der Waals surface area (Å²) in [4.78, 5) is 16.9. The van der Waals surface area contributed by atoms with Gasteiger partial charge >= 0.3 is 6.18 Å². The molecule has 0 saturated heterocycles. The Hall–Kier alpha value is -2.94. The van der Waals surface area contributed by atoms with Crippen molar-refractivity contribution in [2.75, 3.05) is 17.9 Å². The molecule has 4 rings (SSSR count). The molecule has 3 aromatic rings. The minimum atomic E-state index is -4.54. The lowest BCUT2D eigenvalue weighted by molar-refractivity contribution is -0.137. The zero-order valence-electron chi connectivity index (χ0n) is 15.9. The SMILES string of the molecule is CCc1cc2cc3c(cc2nc1SCC(=O)Nc1ccccc1C(F)(F)F)OCO3. The lowest BCUT2D eigenvalue weighted by atomic mass is 10.1. The van der Waals surface area contributed by atoms with E-state index in [1.54, 1.807) is 6.07 Å². The number of benzene rings is 2. The molecule has 0 fully saturated rings. The summed E-state index contributed by atoms with van der Waals surface area (Å²) in [6.07, 6.45) is -3.85. The smallest absolute Gasteiger partial charge is 0.418 e. The fourth-order valence-electron chi connectivity index (χ4n) is 3.13. The van der Waals surface area contributed by atoms with Crippen molar-refractivity contribution in [1.82, 2.24) is 4.98 Å². The Kier molecular flexibility index (Phi) is 5.46. The predicted molar refractivity (Wildman–Crippen MR) is 108 cm³/mol. The molecule has 5 nitrogen and oxygen atoms in total. The number of anilines is 1. The molecule has 0 radical (unpaired) electrons. The number of para-hydroxylation sites is 1. The minimum Gasteiger partial charge on any atom is -0.454 e. The second kappa shape index (κ2) is 8.06. The summed E-state index contributed by atoms with van der Waals surface area (Å²) in [6.45, 7) is 2.13. The van der Waals surface area contributed by atoms with Gasteiger partial charge in [0.15, 0.2) is 11.5 Å². The second-order valence-electron chi connectivity index (χ2n) is 6.58. The highest BCUT2D eigenvalue weighted by Crippen LogP contribution is 2.37. The van der Waals surface area contributed by atoms with Crippen LogP contribution in [0.3, 0.4) is 0 Å². The van der Waals surface area contributed by atoms with Gasteiger partial charge in [0.2, 0.25) is 12.7 Å². The van der Waals surface area contributed by atoms with E-state index >= 15 is 0 Å². The topological polar surface area (TPSA) is 60.5 Å². The van der Waals surface area contributed by atoms with E-state index in [1.165, 1.54) is 30.0 Å². The molecule has 2 heterocycles. The lowest BCUT2D eigenvalue weighted by Gasteiger charge is -2.14.